The summed E-state index contributed by atoms with van der Waals surface area (Å²) in [5, 5.41) is 0. The molecule has 1 atom stereocenters. The van der Waals surface area contributed by atoms with Gasteiger partial charge < -0.3 is 9.79 Å². The quantitative estimate of drug-likeness (QED) is 0.559. The van der Waals surface area contributed by atoms with E-state index in [0.717, 1.165) is 0 Å². The van der Waals surface area contributed by atoms with Crippen LogP contribution in [0, 0.1) is 0 Å². The van der Waals surface area contributed by atoms with E-state index in [0.29, 0.717) is 6.42 Å². The highest BCUT2D eigenvalue weighted by atomic mass is 31.2. The molecule has 0 aromatic heterocycles. The predicted octanol–water partition coefficient (Wildman–Crippen LogP) is 0.963. The smallest absolute Gasteiger partial charge is 0.324 e. The van der Waals surface area contributed by atoms with Gasteiger partial charge in [-0.25, -0.2) is 0 Å². The summed E-state index contributed by atoms with van der Waals surface area (Å²) in [4.78, 5) is 16.8. The molecule has 0 amide bonds. The van der Waals surface area contributed by atoms with Crippen molar-refractivity contribution in [3.05, 3.63) is 0 Å². The molecule has 0 spiro atoms. The summed E-state index contributed by atoms with van der Waals surface area (Å²) in [6.45, 7) is 3.30. The lowest BCUT2D eigenvalue weighted by molar-refractivity contribution is 0.359. The maximum absolute atomic E-state index is 10.3. The first-order valence-electron chi connectivity index (χ1n) is 2.53. The monoisotopic (exact) mass is 138 g/mol. The van der Waals surface area contributed by atoms with Gasteiger partial charge in [0.2, 0.25) is 0 Å². The molecule has 0 saturated carbocycles. The van der Waals surface area contributed by atoms with E-state index in [1.165, 1.54) is 0 Å². The van der Waals surface area contributed by atoms with E-state index in [9.17, 15) is 4.57 Å². The fraction of sp³-hybridized carbons (Fsp3) is 1.00. The average Bonchev–Trinajstić information content (AvgIpc) is 1.62. The van der Waals surface area contributed by atoms with E-state index in [-0.39, 0.29) is 0 Å². The summed E-state index contributed by atoms with van der Waals surface area (Å²) in [5.41, 5.74) is -0.484. The molecule has 0 aliphatic carbocycles. The molecule has 2 N–H and O–H groups in total. The summed E-state index contributed by atoms with van der Waals surface area (Å²) in [7, 11) is -3.76. The van der Waals surface area contributed by atoms with Crippen molar-refractivity contribution >= 4 is 7.60 Å². The zero-order valence-electron chi connectivity index (χ0n) is 5.03. The van der Waals surface area contributed by atoms with Crippen LogP contribution in [0.25, 0.3) is 0 Å². The first-order valence-corrected chi connectivity index (χ1v) is 4.22. The van der Waals surface area contributed by atoms with E-state index >= 15 is 0 Å². The van der Waals surface area contributed by atoms with E-state index in [4.69, 9.17) is 9.79 Å². The zero-order chi connectivity index (χ0) is 6.78. The molecule has 0 heterocycles. The Morgan fingerprint density at radius 1 is 1.62 bits per heavy atom. The second-order valence-corrected chi connectivity index (χ2v) is 3.91. The summed E-state index contributed by atoms with van der Waals surface area (Å²) in [5.74, 6) is 0. The van der Waals surface area contributed by atoms with Gasteiger partial charge in [0, 0.05) is 0 Å². The van der Waals surface area contributed by atoms with Crippen molar-refractivity contribution < 1.29 is 14.4 Å². The van der Waals surface area contributed by atoms with Crippen LogP contribution in [-0.4, -0.2) is 15.4 Å². The SMILES string of the molecule is CCC(C)P(=O)(O)O. The van der Waals surface area contributed by atoms with Gasteiger partial charge in [0.05, 0.1) is 5.66 Å². The van der Waals surface area contributed by atoms with Gasteiger partial charge in [-0.3, -0.25) is 4.57 Å². The zero-order valence-corrected chi connectivity index (χ0v) is 5.93. The highest BCUT2D eigenvalue weighted by molar-refractivity contribution is 7.52. The van der Waals surface area contributed by atoms with Gasteiger partial charge in [0.1, 0.15) is 0 Å². The normalized spacial score (nSPS) is 16.0. The molecule has 0 radical (unpaired) electrons. The number of hydrogen-bond donors (Lipinski definition) is 2. The van der Waals surface area contributed by atoms with Crippen LogP contribution in [0.4, 0.5) is 0 Å². The Bertz CT molecular complexity index is 106. The van der Waals surface area contributed by atoms with E-state index in [1.54, 1.807) is 13.8 Å². The van der Waals surface area contributed by atoms with Gasteiger partial charge in [-0.05, 0) is 6.42 Å². The average molecular weight is 138 g/mol. The summed E-state index contributed by atoms with van der Waals surface area (Å²) in [6, 6.07) is 0. The lowest BCUT2D eigenvalue weighted by atomic mass is 10.4. The Morgan fingerprint density at radius 3 is 2.00 bits per heavy atom. The molecular weight excluding hydrogens is 127 g/mol. The molecule has 8 heavy (non-hydrogen) atoms. The molecule has 1 unspecified atom stereocenters. The number of rotatable bonds is 2. The van der Waals surface area contributed by atoms with Gasteiger partial charge in [-0.1, -0.05) is 13.8 Å². The Morgan fingerprint density at radius 2 is 2.00 bits per heavy atom. The lowest BCUT2D eigenvalue weighted by Gasteiger charge is -2.08. The van der Waals surface area contributed by atoms with Crippen molar-refractivity contribution in [2.75, 3.05) is 0 Å². The third-order valence-corrected chi connectivity index (χ3v) is 2.68. The summed E-state index contributed by atoms with van der Waals surface area (Å²) in [6.07, 6.45) is 0.532. The van der Waals surface area contributed by atoms with E-state index in [2.05, 4.69) is 0 Å². The maximum Gasteiger partial charge on any atom is 0.328 e. The number of hydrogen-bond acceptors (Lipinski definition) is 1. The Hall–Kier alpha value is 0.150. The molecule has 0 fully saturated rings. The van der Waals surface area contributed by atoms with Gasteiger partial charge in [-0.15, -0.1) is 0 Å². The lowest BCUT2D eigenvalue weighted by Crippen LogP contribution is -1.99. The predicted molar refractivity (Wildman–Crippen MR) is 31.8 cm³/mol. The van der Waals surface area contributed by atoms with Crippen molar-refractivity contribution in [3.8, 4) is 0 Å². The molecule has 0 aromatic rings. The molecule has 4 heteroatoms. The minimum Gasteiger partial charge on any atom is -0.324 e. The topological polar surface area (TPSA) is 57.5 Å². The largest absolute Gasteiger partial charge is 0.328 e. The molecule has 0 aliphatic heterocycles. The van der Waals surface area contributed by atoms with Crippen LogP contribution in [0.5, 0.6) is 0 Å². The van der Waals surface area contributed by atoms with Gasteiger partial charge in [0.25, 0.3) is 0 Å². The highest BCUT2D eigenvalue weighted by Crippen LogP contribution is 2.42. The second-order valence-electron chi connectivity index (χ2n) is 1.85. The van der Waals surface area contributed by atoms with Crippen molar-refractivity contribution in [2.24, 2.45) is 0 Å². The van der Waals surface area contributed by atoms with Crippen molar-refractivity contribution in [1.82, 2.24) is 0 Å². The van der Waals surface area contributed by atoms with Crippen LogP contribution in [-0.2, 0) is 4.57 Å². The first-order chi connectivity index (χ1) is 3.48. The molecule has 0 rings (SSSR count). The Balaban J connectivity index is 3.82. The van der Waals surface area contributed by atoms with Gasteiger partial charge >= 0.3 is 7.60 Å². The van der Waals surface area contributed by atoms with Crippen LogP contribution in [0.2, 0.25) is 0 Å². The third kappa shape index (κ3) is 2.46. The molecular formula is C4H11O3P. The van der Waals surface area contributed by atoms with Crippen LogP contribution < -0.4 is 0 Å². The molecule has 0 aliphatic rings. The van der Waals surface area contributed by atoms with Gasteiger partial charge in [-0.2, -0.15) is 0 Å². The summed E-state index contributed by atoms with van der Waals surface area (Å²) >= 11 is 0. The third-order valence-electron chi connectivity index (χ3n) is 1.17. The molecule has 50 valence electrons. The highest BCUT2D eigenvalue weighted by Gasteiger charge is 2.20. The molecule has 0 bridgehead atoms. The minimum atomic E-state index is -3.76. The molecule has 3 nitrogen and oxygen atoms in total. The first kappa shape index (κ1) is 8.15. The molecule has 0 saturated heterocycles. The molecule has 0 aromatic carbocycles. The minimum absolute atomic E-state index is 0.484. The Labute approximate surface area is 48.9 Å². The van der Waals surface area contributed by atoms with Crippen molar-refractivity contribution in [3.63, 3.8) is 0 Å². The Kier molecular flexibility index (Phi) is 2.67. The van der Waals surface area contributed by atoms with Crippen LogP contribution >= 0.6 is 7.60 Å². The fourth-order valence-corrected chi connectivity index (χ4v) is 0.714. The van der Waals surface area contributed by atoms with Crippen LogP contribution in [0.1, 0.15) is 20.3 Å². The van der Waals surface area contributed by atoms with Crippen molar-refractivity contribution in [1.29, 1.82) is 0 Å². The van der Waals surface area contributed by atoms with E-state index < -0.39 is 13.3 Å². The summed E-state index contributed by atoms with van der Waals surface area (Å²) < 4.78 is 10.3. The van der Waals surface area contributed by atoms with Crippen LogP contribution in [0.15, 0.2) is 0 Å². The standard InChI is InChI=1S/C4H11O3P/c1-3-4(2)8(5,6)7/h4H,3H2,1-2H3,(H2,5,6,7). The van der Waals surface area contributed by atoms with Gasteiger partial charge in [0.15, 0.2) is 0 Å². The fourth-order valence-electron chi connectivity index (χ4n) is 0.238. The van der Waals surface area contributed by atoms with Crippen molar-refractivity contribution in [2.45, 2.75) is 25.9 Å². The van der Waals surface area contributed by atoms with E-state index in [1.807, 2.05) is 0 Å². The van der Waals surface area contributed by atoms with Crippen LogP contribution in [0.3, 0.4) is 0 Å². The second kappa shape index (κ2) is 2.62. The maximum atomic E-state index is 10.3.